The number of carbonyl (C=O) groups is 1. The molecule has 2 atom stereocenters. The highest BCUT2D eigenvalue weighted by molar-refractivity contribution is 6.01. The summed E-state index contributed by atoms with van der Waals surface area (Å²) < 4.78 is 1.73. The zero-order valence-electron chi connectivity index (χ0n) is 14.3. The summed E-state index contributed by atoms with van der Waals surface area (Å²) in [6.07, 6.45) is 5.30. The fourth-order valence-corrected chi connectivity index (χ4v) is 3.11. The van der Waals surface area contributed by atoms with E-state index < -0.39 is 5.91 Å². The number of fused-ring (bicyclic) bond motifs is 1. The number of hydrogen-bond acceptors (Lipinski definition) is 4. The minimum atomic E-state index is -0.478. The highest BCUT2D eigenvalue weighted by atomic mass is 16.1. The van der Waals surface area contributed by atoms with E-state index in [1.807, 2.05) is 32.2 Å². The van der Waals surface area contributed by atoms with Crippen molar-refractivity contribution in [3.8, 4) is 0 Å². The minimum absolute atomic E-state index is 0.0399. The number of nitrogens with zero attached hydrogens (tertiary/aromatic N) is 2. The molecular formula is C17H27N5O. The Kier molecular flexibility index (Phi) is 4.94. The average molecular weight is 317 g/mol. The second-order valence-electron chi connectivity index (χ2n) is 6.34. The Morgan fingerprint density at radius 2 is 2.09 bits per heavy atom. The summed E-state index contributed by atoms with van der Waals surface area (Å²) >= 11 is 0. The van der Waals surface area contributed by atoms with Crippen LogP contribution in [0.3, 0.4) is 0 Å². The van der Waals surface area contributed by atoms with Crippen LogP contribution >= 0.6 is 0 Å². The number of nitrogens with two attached hydrogens (primary N) is 2. The van der Waals surface area contributed by atoms with E-state index in [0.717, 1.165) is 24.0 Å². The van der Waals surface area contributed by atoms with Crippen LogP contribution in [-0.4, -0.2) is 27.6 Å². The third-order valence-corrected chi connectivity index (χ3v) is 4.77. The lowest BCUT2D eigenvalue weighted by molar-refractivity contribution is 0.100. The molecule has 0 spiro atoms. The molecule has 0 aromatic carbocycles. The fourth-order valence-electron chi connectivity index (χ4n) is 3.11. The Labute approximate surface area is 137 Å². The number of rotatable bonds is 3. The van der Waals surface area contributed by atoms with Crippen LogP contribution in [0.25, 0.3) is 5.52 Å². The molecule has 126 valence electrons. The van der Waals surface area contributed by atoms with Gasteiger partial charge in [-0.2, -0.15) is 5.10 Å². The molecule has 1 aliphatic rings. The van der Waals surface area contributed by atoms with E-state index in [1.165, 1.54) is 6.20 Å². The molecule has 6 nitrogen and oxygen atoms in total. The van der Waals surface area contributed by atoms with Gasteiger partial charge in [0.15, 0.2) is 0 Å². The normalized spacial score (nSPS) is 22.5. The molecule has 6 heteroatoms. The first-order chi connectivity index (χ1) is 10.9. The van der Waals surface area contributed by atoms with Crippen molar-refractivity contribution >= 4 is 17.1 Å². The third-order valence-electron chi connectivity index (χ3n) is 4.77. The van der Waals surface area contributed by atoms with Gasteiger partial charge in [-0.3, -0.25) is 4.79 Å². The second kappa shape index (κ2) is 6.58. The monoisotopic (exact) mass is 317 g/mol. The maximum absolute atomic E-state index is 11.7. The molecule has 23 heavy (non-hydrogen) atoms. The van der Waals surface area contributed by atoms with E-state index in [4.69, 9.17) is 11.5 Å². The van der Waals surface area contributed by atoms with Gasteiger partial charge in [0.25, 0.3) is 5.91 Å². The van der Waals surface area contributed by atoms with Gasteiger partial charge >= 0.3 is 0 Å². The molecule has 2 aromatic rings. The van der Waals surface area contributed by atoms with Crippen molar-refractivity contribution in [2.24, 2.45) is 16.9 Å². The van der Waals surface area contributed by atoms with E-state index >= 15 is 0 Å². The molecule has 0 bridgehead atoms. The SMILES string of the molecule is CC.CC1(C)[C@@H](N)CC[C@H]1Nc1c(C(N)=O)cnn2cccc12. The molecule has 5 N–H and O–H groups in total. The molecule has 0 radical (unpaired) electrons. The van der Waals surface area contributed by atoms with Crippen LogP contribution in [0.1, 0.15) is 50.9 Å². The molecule has 0 saturated heterocycles. The number of amides is 1. The van der Waals surface area contributed by atoms with Crippen molar-refractivity contribution in [3.63, 3.8) is 0 Å². The summed E-state index contributed by atoms with van der Waals surface area (Å²) in [4.78, 5) is 11.7. The van der Waals surface area contributed by atoms with Crippen molar-refractivity contribution in [3.05, 3.63) is 30.1 Å². The summed E-state index contributed by atoms with van der Waals surface area (Å²) in [5.74, 6) is -0.478. The first kappa shape index (κ1) is 17.3. The van der Waals surface area contributed by atoms with Crippen LogP contribution in [0.4, 0.5) is 5.69 Å². The maximum atomic E-state index is 11.7. The molecule has 1 fully saturated rings. The van der Waals surface area contributed by atoms with Gasteiger partial charge in [0.1, 0.15) is 0 Å². The molecule has 0 unspecified atom stereocenters. The molecule has 2 heterocycles. The lowest BCUT2D eigenvalue weighted by Crippen LogP contribution is -2.42. The first-order valence-corrected chi connectivity index (χ1v) is 8.19. The van der Waals surface area contributed by atoms with Crippen LogP contribution in [0.2, 0.25) is 0 Å². The van der Waals surface area contributed by atoms with Crippen LogP contribution in [0.5, 0.6) is 0 Å². The molecular weight excluding hydrogens is 290 g/mol. The predicted molar refractivity (Wildman–Crippen MR) is 93.5 cm³/mol. The fraction of sp³-hybridized carbons (Fsp3) is 0.529. The van der Waals surface area contributed by atoms with E-state index in [1.54, 1.807) is 4.52 Å². The lowest BCUT2D eigenvalue weighted by Gasteiger charge is -2.32. The van der Waals surface area contributed by atoms with Gasteiger partial charge in [-0.15, -0.1) is 0 Å². The van der Waals surface area contributed by atoms with Crippen LogP contribution in [0, 0.1) is 5.41 Å². The first-order valence-electron chi connectivity index (χ1n) is 8.19. The number of primary amides is 1. The Balaban J connectivity index is 0.000000924. The standard InChI is InChI=1S/C15H21N5O.C2H6/c1-15(2)11(16)5-6-12(15)19-13-9(14(17)21)8-18-20-7-3-4-10(13)20;1-2/h3-4,7-8,11-12,19H,5-6,16H2,1-2H3,(H2,17,21);1-2H3/t11-,12+;/m0./s1. The molecule has 1 aliphatic carbocycles. The summed E-state index contributed by atoms with van der Waals surface area (Å²) in [5.41, 5.74) is 13.7. The molecule has 1 amide bonds. The zero-order chi connectivity index (χ0) is 17.2. The largest absolute Gasteiger partial charge is 0.379 e. The van der Waals surface area contributed by atoms with Crippen LogP contribution in [-0.2, 0) is 0 Å². The summed E-state index contributed by atoms with van der Waals surface area (Å²) in [6.45, 7) is 8.31. The van der Waals surface area contributed by atoms with Crippen LogP contribution < -0.4 is 16.8 Å². The quantitative estimate of drug-likeness (QED) is 0.809. The van der Waals surface area contributed by atoms with Gasteiger partial charge in [0.05, 0.1) is 23.0 Å². The number of anilines is 1. The van der Waals surface area contributed by atoms with Crippen molar-refractivity contribution in [1.82, 2.24) is 9.61 Å². The third kappa shape index (κ3) is 3.03. The van der Waals surface area contributed by atoms with Crippen LogP contribution in [0.15, 0.2) is 24.5 Å². The Hall–Kier alpha value is -2.08. The smallest absolute Gasteiger partial charge is 0.252 e. The lowest BCUT2D eigenvalue weighted by atomic mass is 9.84. The number of aromatic nitrogens is 2. The average Bonchev–Trinajstić information content (AvgIpc) is 3.09. The van der Waals surface area contributed by atoms with E-state index in [9.17, 15) is 4.79 Å². The maximum Gasteiger partial charge on any atom is 0.252 e. The number of nitrogens with one attached hydrogen (secondary N) is 1. The topological polar surface area (TPSA) is 98.4 Å². The summed E-state index contributed by atoms with van der Waals surface area (Å²) in [6, 6.07) is 4.16. The van der Waals surface area contributed by atoms with E-state index in [0.29, 0.717) is 5.56 Å². The highest BCUT2D eigenvalue weighted by Gasteiger charge is 2.41. The molecule has 3 rings (SSSR count). The number of hydrogen-bond donors (Lipinski definition) is 3. The van der Waals surface area contributed by atoms with Gasteiger partial charge in [-0.1, -0.05) is 27.7 Å². The van der Waals surface area contributed by atoms with Gasteiger partial charge in [0.2, 0.25) is 0 Å². The van der Waals surface area contributed by atoms with E-state index in [2.05, 4.69) is 24.3 Å². The summed E-state index contributed by atoms with van der Waals surface area (Å²) in [7, 11) is 0. The second-order valence-corrected chi connectivity index (χ2v) is 6.34. The molecule has 2 aromatic heterocycles. The Morgan fingerprint density at radius 3 is 2.65 bits per heavy atom. The van der Waals surface area contributed by atoms with Crippen molar-refractivity contribution in [1.29, 1.82) is 0 Å². The minimum Gasteiger partial charge on any atom is -0.379 e. The van der Waals surface area contributed by atoms with Gasteiger partial charge in [0, 0.05) is 18.3 Å². The predicted octanol–water partition coefficient (Wildman–Crippen LogP) is 2.39. The van der Waals surface area contributed by atoms with Gasteiger partial charge < -0.3 is 16.8 Å². The molecule has 0 aliphatic heterocycles. The Bertz CT molecular complexity index is 691. The van der Waals surface area contributed by atoms with Crippen molar-refractivity contribution in [2.75, 3.05) is 5.32 Å². The highest BCUT2D eigenvalue weighted by Crippen LogP contribution is 2.39. The van der Waals surface area contributed by atoms with E-state index in [-0.39, 0.29) is 17.5 Å². The summed E-state index contributed by atoms with van der Waals surface area (Å²) in [5, 5.41) is 7.70. The van der Waals surface area contributed by atoms with Gasteiger partial charge in [-0.25, -0.2) is 4.52 Å². The molecule has 1 saturated carbocycles. The van der Waals surface area contributed by atoms with Crippen molar-refractivity contribution in [2.45, 2.75) is 52.6 Å². The number of carbonyl (C=O) groups excluding carboxylic acids is 1. The Morgan fingerprint density at radius 1 is 1.39 bits per heavy atom. The van der Waals surface area contributed by atoms with Gasteiger partial charge in [-0.05, 0) is 30.4 Å². The zero-order valence-corrected chi connectivity index (χ0v) is 14.3. The van der Waals surface area contributed by atoms with Crippen molar-refractivity contribution < 1.29 is 4.79 Å².